The van der Waals surface area contributed by atoms with Gasteiger partial charge in [0.25, 0.3) is 0 Å². The first-order valence-corrected chi connectivity index (χ1v) is 9.22. The molecule has 2 N–H and O–H groups in total. The molecule has 140 valence electrons. The van der Waals surface area contributed by atoms with Crippen LogP contribution in [0.4, 0.5) is 5.69 Å². The largest absolute Gasteiger partial charge is 0.455 e. The van der Waals surface area contributed by atoms with Crippen molar-refractivity contribution in [3.8, 4) is 17.6 Å². The average molecular weight is 363 g/mol. The van der Waals surface area contributed by atoms with Crippen LogP contribution in [0.5, 0.6) is 11.5 Å². The van der Waals surface area contributed by atoms with Gasteiger partial charge in [0, 0.05) is 0 Å². The van der Waals surface area contributed by atoms with Gasteiger partial charge in [-0.3, -0.25) is 4.79 Å². The molecule has 3 rings (SSSR count). The summed E-state index contributed by atoms with van der Waals surface area (Å²) in [6.07, 6.45) is 1.98. The van der Waals surface area contributed by atoms with Crippen molar-refractivity contribution in [2.24, 2.45) is 5.92 Å². The molecular weight excluding hydrogens is 338 g/mol. The van der Waals surface area contributed by atoms with Crippen molar-refractivity contribution < 1.29 is 9.53 Å². The summed E-state index contributed by atoms with van der Waals surface area (Å²) in [7, 11) is 0. The maximum atomic E-state index is 12.3. The summed E-state index contributed by atoms with van der Waals surface area (Å²) in [4.78, 5) is 12.3. The molecule has 0 spiro atoms. The topological polar surface area (TPSA) is 74.2 Å². The van der Waals surface area contributed by atoms with Crippen LogP contribution < -0.4 is 15.4 Å². The molecule has 1 unspecified atom stereocenters. The standard InChI is InChI=1S/C22H25N3O2/c1-15-7-6-8-16(2)21(15)27-19-10-5-4-9-18(19)24-13-20(26)25-22(3,14-23)17-11-12-17/h4-10,17,24H,11-13H2,1-3H3,(H,25,26). The number of rotatable bonds is 7. The maximum Gasteiger partial charge on any atom is 0.240 e. The Kier molecular flexibility index (Phi) is 5.36. The summed E-state index contributed by atoms with van der Waals surface area (Å²) < 4.78 is 6.13. The second-order valence-electron chi connectivity index (χ2n) is 7.31. The van der Waals surface area contributed by atoms with Crippen LogP contribution in [-0.4, -0.2) is 18.0 Å². The second kappa shape index (κ2) is 7.71. The van der Waals surface area contributed by atoms with Crippen LogP contribution in [0.3, 0.4) is 0 Å². The Morgan fingerprint density at radius 2 is 1.85 bits per heavy atom. The number of hydrogen-bond donors (Lipinski definition) is 2. The summed E-state index contributed by atoms with van der Waals surface area (Å²) in [5.74, 6) is 1.54. The summed E-state index contributed by atoms with van der Waals surface area (Å²) in [5, 5.41) is 15.4. The molecule has 0 aliphatic heterocycles. The van der Waals surface area contributed by atoms with Gasteiger partial charge in [-0.1, -0.05) is 30.3 Å². The molecule has 2 aromatic carbocycles. The van der Waals surface area contributed by atoms with Crippen molar-refractivity contribution >= 4 is 11.6 Å². The molecule has 1 atom stereocenters. The minimum absolute atomic E-state index is 0.0805. The molecule has 5 heteroatoms. The summed E-state index contributed by atoms with van der Waals surface area (Å²) in [6.45, 7) is 5.89. The predicted molar refractivity (Wildman–Crippen MR) is 106 cm³/mol. The Morgan fingerprint density at radius 1 is 1.19 bits per heavy atom. The Bertz CT molecular complexity index is 863. The van der Waals surface area contributed by atoms with E-state index in [-0.39, 0.29) is 18.4 Å². The molecule has 27 heavy (non-hydrogen) atoms. The van der Waals surface area contributed by atoms with Crippen molar-refractivity contribution in [3.05, 3.63) is 53.6 Å². The Labute approximate surface area is 160 Å². The third-order valence-corrected chi connectivity index (χ3v) is 4.97. The zero-order valence-electron chi connectivity index (χ0n) is 16.0. The number of hydrogen-bond acceptors (Lipinski definition) is 4. The van der Waals surface area contributed by atoms with Gasteiger partial charge in [-0.2, -0.15) is 5.26 Å². The third kappa shape index (κ3) is 4.40. The number of ether oxygens (including phenoxy) is 1. The van der Waals surface area contributed by atoms with Crippen molar-refractivity contribution in [1.82, 2.24) is 5.32 Å². The molecule has 1 saturated carbocycles. The van der Waals surface area contributed by atoms with Gasteiger partial charge in [0.1, 0.15) is 11.3 Å². The normalized spacial score (nSPS) is 15.3. The van der Waals surface area contributed by atoms with E-state index in [1.807, 2.05) is 56.3 Å². The first-order valence-electron chi connectivity index (χ1n) is 9.22. The highest BCUT2D eigenvalue weighted by molar-refractivity contribution is 5.82. The van der Waals surface area contributed by atoms with Crippen LogP contribution in [0.1, 0.15) is 30.9 Å². The number of para-hydroxylation sites is 3. The van der Waals surface area contributed by atoms with E-state index in [2.05, 4.69) is 16.7 Å². The lowest BCUT2D eigenvalue weighted by atomic mass is 9.98. The fourth-order valence-corrected chi connectivity index (χ4v) is 3.16. The monoisotopic (exact) mass is 363 g/mol. The number of nitriles is 1. The molecule has 0 saturated heterocycles. The van der Waals surface area contributed by atoms with E-state index in [0.717, 1.165) is 35.4 Å². The minimum Gasteiger partial charge on any atom is -0.455 e. The van der Waals surface area contributed by atoms with E-state index in [9.17, 15) is 10.1 Å². The summed E-state index contributed by atoms with van der Waals surface area (Å²) in [5.41, 5.74) is 2.06. The molecule has 2 aromatic rings. The number of nitrogens with zero attached hydrogens (tertiary/aromatic N) is 1. The fourth-order valence-electron chi connectivity index (χ4n) is 3.16. The van der Waals surface area contributed by atoms with Gasteiger partial charge in [-0.25, -0.2) is 0 Å². The van der Waals surface area contributed by atoms with Gasteiger partial charge in [0.05, 0.1) is 18.3 Å². The van der Waals surface area contributed by atoms with E-state index in [1.165, 1.54) is 0 Å². The van der Waals surface area contributed by atoms with Crippen LogP contribution in [0.25, 0.3) is 0 Å². The molecule has 0 aromatic heterocycles. The van der Waals surface area contributed by atoms with E-state index in [4.69, 9.17) is 4.74 Å². The number of carbonyl (C=O) groups excluding carboxylic acids is 1. The van der Waals surface area contributed by atoms with E-state index >= 15 is 0 Å². The zero-order valence-corrected chi connectivity index (χ0v) is 16.0. The van der Waals surface area contributed by atoms with Gasteiger partial charge in [-0.15, -0.1) is 0 Å². The lowest BCUT2D eigenvalue weighted by Crippen LogP contribution is -2.48. The highest BCUT2D eigenvalue weighted by Gasteiger charge is 2.42. The summed E-state index contributed by atoms with van der Waals surface area (Å²) in [6, 6.07) is 15.8. The second-order valence-corrected chi connectivity index (χ2v) is 7.31. The van der Waals surface area contributed by atoms with E-state index in [0.29, 0.717) is 5.75 Å². The third-order valence-electron chi connectivity index (χ3n) is 4.97. The molecule has 1 aliphatic carbocycles. The van der Waals surface area contributed by atoms with Crippen molar-refractivity contribution in [1.29, 1.82) is 5.26 Å². The lowest BCUT2D eigenvalue weighted by Gasteiger charge is -2.23. The first-order chi connectivity index (χ1) is 12.9. The SMILES string of the molecule is Cc1cccc(C)c1Oc1ccccc1NCC(=O)NC(C)(C#N)C1CC1. The van der Waals surface area contributed by atoms with Crippen LogP contribution in [-0.2, 0) is 4.79 Å². The fraction of sp³-hybridized carbons (Fsp3) is 0.364. The van der Waals surface area contributed by atoms with Crippen LogP contribution >= 0.6 is 0 Å². The van der Waals surface area contributed by atoms with Crippen LogP contribution in [0.2, 0.25) is 0 Å². The summed E-state index contributed by atoms with van der Waals surface area (Å²) >= 11 is 0. The smallest absolute Gasteiger partial charge is 0.240 e. The van der Waals surface area contributed by atoms with Crippen molar-refractivity contribution in [2.45, 2.75) is 39.2 Å². The highest BCUT2D eigenvalue weighted by Crippen LogP contribution is 2.39. The molecular formula is C22H25N3O2. The average Bonchev–Trinajstić information content (AvgIpc) is 3.49. The minimum atomic E-state index is -0.785. The number of nitrogens with one attached hydrogen (secondary N) is 2. The van der Waals surface area contributed by atoms with E-state index in [1.54, 1.807) is 6.92 Å². The quantitative estimate of drug-likeness (QED) is 0.768. The lowest BCUT2D eigenvalue weighted by molar-refractivity contribution is -0.120. The Morgan fingerprint density at radius 3 is 2.48 bits per heavy atom. The molecule has 1 amide bonds. The Balaban J connectivity index is 1.68. The van der Waals surface area contributed by atoms with Crippen LogP contribution in [0, 0.1) is 31.1 Å². The number of aryl methyl sites for hydroxylation is 2. The van der Waals surface area contributed by atoms with Gasteiger partial charge in [0.15, 0.2) is 5.75 Å². The molecule has 0 bridgehead atoms. The zero-order chi connectivity index (χ0) is 19.4. The molecule has 0 radical (unpaired) electrons. The molecule has 5 nitrogen and oxygen atoms in total. The predicted octanol–water partition coefficient (Wildman–Crippen LogP) is 4.32. The number of amides is 1. The van der Waals surface area contributed by atoms with E-state index < -0.39 is 5.54 Å². The van der Waals surface area contributed by atoms with Gasteiger partial charge in [0.2, 0.25) is 5.91 Å². The maximum absolute atomic E-state index is 12.3. The van der Waals surface area contributed by atoms with Gasteiger partial charge in [-0.05, 0) is 62.8 Å². The van der Waals surface area contributed by atoms with Crippen LogP contribution in [0.15, 0.2) is 42.5 Å². The molecule has 0 heterocycles. The first kappa shape index (κ1) is 18.8. The molecule has 1 fully saturated rings. The Hall–Kier alpha value is -3.00. The number of anilines is 1. The van der Waals surface area contributed by atoms with Gasteiger partial charge >= 0.3 is 0 Å². The number of benzene rings is 2. The number of carbonyl (C=O) groups is 1. The van der Waals surface area contributed by atoms with Crippen molar-refractivity contribution in [3.63, 3.8) is 0 Å². The molecule has 1 aliphatic rings. The van der Waals surface area contributed by atoms with Crippen molar-refractivity contribution in [2.75, 3.05) is 11.9 Å². The highest BCUT2D eigenvalue weighted by atomic mass is 16.5. The van der Waals surface area contributed by atoms with Gasteiger partial charge < -0.3 is 15.4 Å².